The van der Waals surface area contributed by atoms with E-state index in [2.05, 4.69) is 206 Å². The van der Waals surface area contributed by atoms with E-state index in [1.807, 2.05) is 0 Å². The number of hydrogen-bond donors (Lipinski definition) is 0. The van der Waals surface area contributed by atoms with Gasteiger partial charge in [0.2, 0.25) is 0 Å². The molecule has 0 aliphatic carbocycles. The Labute approximate surface area is 308 Å². The van der Waals surface area contributed by atoms with E-state index in [1.54, 1.807) is 0 Å². The molecule has 9 aromatic carbocycles. The Morgan fingerprint density at radius 1 is 0.321 bits per heavy atom. The third-order valence-corrected chi connectivity index (χ3v) is 10.6. The lowest BCUT2D eigenvalue weighted by molar-refractivity contribution is 0.667. The molecule has 250 valence electrons. The topological polar surface area (TPSA) is 16.4 Å². The van der Waals surface area contributed by atoms with Gasteiger partial charge in [0.25, 0.3) is 0 Å². The molecule has 10 aromatic rings. The summed E-state index contributed by atoms with van der Waals surface area (Å²) in [6, 6.07) is 69.9. The first kappa shape index (κ1) is 30.9. The number of nitrogens with zero attached hydrogens (tertiary/aromatic N) is 1. The molecule has 0 saturated carbocycles. The average molecular weight is 678 g/mol. The zero-order valence-electron chi connectivity index (χ0n) is 29.3. The van der Waals surface area contributed by atoms with Crippen LogP contribution in [0.3, 0.4) is 0 Å². The van der Waals surface area contributed by atoms with Crippen molar-refractivity contribution < 1.29 is 4.42 Å². The lowest BCUT2D eigenvalue weighted by atomic mass is 9.97. The molecule has 2 nitrogen and oxygen atoms in total. The summed E-state index contributed by atoms with van der Waals surface area (Å²) >= 11 is 0. The minimum absolute atomic E-state index is 0.925. The molecule has 2 heteroatoms. The molecule has 1 heterocycles. The Morgan fingerprint density at radius 2 is 0.698 bits per heavy atom. The third kappa shape index (κ3) is 5.35. The lowest BCUT2D eigenvalue weighted by Gasteiger charge is -2.26. The van der Waals surface area contributed by atoms with Crippen molar-refractivity contribution in [2.75, 3.05) is 4.90 Å². The molecule has 10 rings (SSSR count). The molecule has 0 atom stereocenters. The van der Waals surface area contributed by atoms with Gasteiger partial charge in [0.1, 0.15) is 11.2 Å². The van der Waals surface area contributed by atoms with Crippen LogP contribution in [-0.4, -0.2) is 0 Å². The average Bonchev–Trinajstić information content (AvgIpc) is 3.62. The first-order valence-electron chi connectivity index (χ1n) is 18.2. The van der Waals surface area contributed by atoms with E-state index in [-0.39, 0.29) is 0 Å². The van der Waals surface area contributed by atoms with Gasteiger partial charge in [0, 0.05) is 33.4 Å². The fourth-order valence-corrected chi connectivity index (χ4v) is 7.96. The van der Waals surface area contributed by atoms with E-state index in [1.165, 1.54) is 43.8 Å². The molecule has 0 spiro atoms. The number of rotatable bonds is 6. The van der Waals surface area contributed by atoms with Crippen molar-refractivity contribution in [3.63, 3.8) is 0 Å². The molecule has 0 aliphatic heterocycles. The van der Waals surface area contributed by atoms with Crippen molar-refractivity contribution in [2.24, 2.45) is 0 Å². The molecule has 53 heavy (non-hydrogen) atoms. The summed E-state index contributed by atoms with van der Waals surface area (Å²) in [5.41, 5.74) is 13.4. The van der Waals surface area contributed by atoms with Crippen LogP contribution in [0.2, 0.25) is 0 Å². The van der Waals surface area contributed by atoms with Crippen molar-refractivity contribution in [3.8, 4) is 33.4 Å². The van der Waals surface area contributed by atoms with Crippen LogP contribution in [0.5, 0.6) is 0 Å². The molecule has 0 saturated heterocycles. The standard InChI is InChI=1S/C51H35NO/c1-34-10-6-20-48-49-21-9-19-47(51(49)53-50(34)48)39-26-32-42(33-27-39)52(40-28-22-37(23-29-40)45-17-7-13-35-11-2-4-15-43(35)45)41-30-24-38(25-31-41)46-18-8-14-36-12-3-5-16-44(36)46/h2-33H,1H3. The number of benzene rings is 9. The first-order chi connectivity index (χ1) is 26.2. The van der Waals surface area contributed by atoms with Gasteiger partial charge in [0.05, 0.1) is 0 Å². The van der Waals surface area contributed by atoms with E-state index >= 15 is 0 Å². The highest BCUT2D eigenvalue weighted by Crippen LogP contribution is 2.41. The summed E-state index contributed by atoms with van der Waals surface area (Å²) in [6.45, 7) is 2.11. The SMILES string of the molecule is Cc1cccc2c1oc1c(-c3ccc(N(c4ccc(-c5cccc6ccccc56)cc4)c4ccc(-c5cccc6ccccc56)cc4)cc3)cccc12. The zero-order chi connectivity index (χ0) is 35.3. The second-order valence-corrected chi connectivity index (χ2v) is 13.8. The number of hydrogen-bond acceptors (Lipinski definition) is 2. The Morgan fingerprint density at radius 3 is 1.23 bits per heavy atom. The zero-order valence-corrected chi connectivity index (χ0v) is 29.3. The molecule has 0 unspecified atom stereocenters. The summed E-state index contributed by atoms with van der Waals surface area (Å²) in [7, 11) is 0. The van der Waals surface area contributed by atoms with Crippen LogP contribution in [0.1, 0.15) is 5.56 Å². The largest absolute Gasteiger partial charge is 0.455 e. The molecule has 0 radical (unpaired) electrons. The number of para-hydroxylation sites is 2. The van der Waals surface area contributed by atoms with Crippen molar-refractivity contribution in [3.05, 3.63) is 200 Å². The maximum atomic E-state index is 6.52. The van der Waals surface area contributed by atoms with Gasteiger partial charge in [-0.05, 0) is 98.2 Å². The predicted molar refractivity (Wildman–Crippen MR) is 224 cm³/mol. The summed E-state index contributed by atoms with van der Waals surface area (Å²) in [4.78, 5) is 2.34. The molecule has 0 aliphatic rings. The van der Waals surface area contributed by atoms with Crippen LogP contribution < -0.4 is 4.90 Å². The number of fused-ring (bicyclic) bond motifs is 5. The molecule has 1 aromatic heterocycles. The maximum Gasteiger partial charge on any atom is 0.143 e. The summed E-state index contributed by atoms with van der Waals surface area (Å²) < 4.78 is 6.52. The minimum Gasteiger partial charge on any atom is -0.455 e. The van der Waals surface area contributed by atoms with Gasteiger partial charge in [-0.3, -0.25) is 0 Å². The molecule has 0 amide bonds. The summed E-state index contributed by atoms with van der Waals surface area (Å²) in [5.74, 6) is 0. The Bertz CT molecular complexity index is 2800. The number of furan rings is 1. The van der Waals surface area contributed by atoms with E-state index in [0.29, 0.717) is 0 Å². The lowest BCUT2D eigenvalue weighted by Crippen LogP contribution is -2.09. The fraction of sp³-hybridized carbons (Fsp3) is 0.0196. The van der Waals surface area contributed by atoms with Gasteiger partial charge in [-0.1, -0.05) is 158 Å². The van der Waals surface area contributed by atoms with Gasteiger partial charge in [-0.15, -0.1) is 0 Å². The van der Waals surface area contributed by atoms with Crippen LogP contribution in [0, 0.1) is 6.92 Å². The highest BCUT2D eigenvalue weighted by Gasteiger charge is 2.17. The molecular weight excluding hydrogens is 643 g/mol. The van der Waals surface area contributed by atoms with Crippen LogP contribution in [0.15, 0.2) is 199 Å². The summed E-state index contributed by atoms with van der Waals surface area (Å²) in [6.07, 6.45) is 0. The molecule has 0 N–H and O–H groups in total. The van der Waals surface area contributed by atoms with Gasteiger partial charge in [-0.2, -0.15) is 0 Å². The maximum absolute atomic E-state index is 6.52. The number of aryl methyl sites for hydroxylation is 1. The fourth-order valence-electron chi connectivity index (χ4n) is 7.96. The Kier molecular flexibility index (Phi) is 7.40. The smallest absolute Gasteiger partial charge is 0.143 e. The first-order valence-corrected chi connectivity index (χ1v) is 18.2. The van der Waals surface area contributed by atoms with Gasteiger partial charge >= 0.3 is 0 Å². The van der Waals surface area contributed by atoms with Crippen LogP contribution in [0.25, 0.3) is 76.9 Å². The van der Waals surface area contributed by atoms with Crippen molar-refractivity contribution in [1.29, 1.82) is 0 Å². The molecule has 0 bridgehead atoms. The molecule has 0 fully saturated rings. The summed E-state index contributed by atoms with van der Waals surface area (Å²) in [5, 5.41) is 7.31. The van der Waals surface area contributed by atoms with Gasteiger partial charge in [0.15, 0.2) is 0 Å². The van der Waals surface area contributed by atoms with E-state index < -0.39 is 0 Å². The highest BCUT2D eigenvalue weighted by atomic mass is 16.3. The van der Waals surface area contributed by atoms with Gasteiger partial charge in [-0.25, -0.2) is 0 Å². The van der Waals surface area contributed by atoms with Crippen LogP contribution in [-0.2, 0) is 0 Å². The molecular formula is C51H35NO. The van der Waals surface area contributed by atoms with E-state index in [4.69, 9.17) is 4.42 Å². The second kappa shape index (κ2) is 12.7. The Balaban J connectivity index is 1.07. The van der Waals surface area contributed by atoms with E-state index in [9.17, 15) is 0 Å². The van der Waals surface area contributed by atoms with Crippen LogP contribution >= 0.6 is 0 Å². The van der Waals surface area contributed by atoms with Crippen molar-refractivity contribution >= 4 is 60.5 Å². The Hall–Kier alpha value is -6.90. The van der Waals surface area contributed by atoms with Gasteiger partial charge < -0.3 is 9.32 Å². The monoisotopic (exact) mass is 677 g/mol. The van der Waals surface area contributed by atoms with Crippen molar-refractivity contribution in [2.45, 2.75) is 6.92 Å². The highest BCUT2D eigenvalue weighted by molar-refractivity contribution is 6.10. The second-order valence-electron chi connectivity index (χ2n) is 13.8. The van der Waals surface area contributed by atoms with Crippen molar-refractivity contribution in [1.82, 2.24) is 0 Å². The van der Waals surface area contributed by atoms with E-state index in [0.717, 1.165) is 55.7 Å². The number of anilines is 3. The minimum atomic E-state index is 0.925. The third-order valence-electron chi connectivity index (χ3n) is 10.6. The van der Waals surface area contributed by atoms with Crippen LogP contribution in [0.4, 0.5) is 17.1 Å². The predicted octanol–water partition coefficient (Wildman–Crippen LogP) is 14.7. The normalized spacial score (nSPS) is 11.5. The quantitative estimate of drug-likeness (QED) is 0.174.